The highest BCUT2D eigenvalue weighted by atomic mass is 31.2. The van der Waals surface area contributed by atoms with Crippen molar-refractivity contribution in [2.45, 2.75) is 186 Å². The molecule has 15 heteroatoms. The minimum atomic E-state index is -2.38. The number of carbonyl (C=O) groups excluding carboxylic acids is 3. The number of rotatable bonds is 9. The third-order valence-corrected chi connectivity index (χ3v) is 18.6. The Morgan fingerprint density at radius 1 is 0.507 bits per heavy atom. The Labute approximate surface area is 439 Å². The van der Waals surface area contributed by atoms with Crippen molar-refractivity contribution in [2.75, 3.05) is 6.61 Å². The summed E-state index contributed by atoms with van der Waals surface area (Å²) in [5, 5.41) is 3.27. The van der Waals surface area contributed by atoms with E-state index in [1.165, 1.54) is 0 Å². The van der Waals surface area contributed by atoms with Crippen LogP contribution >= 0.6 is 16.8 Å². The molecule has 4 aromatic carbocycles. The molecule has 1 aliphatic heterocycles. The fourth-order valence-electron chi connectivity index (χ4n) is 8.03. The minimum Gasteiger partial charge on any atom is -0.426 e. The van der Waals surface area contributed by atoms with Gasteiger partial charge in [-0.2, -0.15) is 0 Å². The molecule has 1 unspecified atom stereocenters. The summed E-state index contributed by atoms with van der Waals surface area (Å²) in [5.41, 5.74) is 2.98. The maximum absolute atomic E-state index is 13.6. The van der Waals surface area contributed by atoms with Gasteiger partial charge in [-0.15, -0.1) is 0 Å². The van der Waals surface area contributed by atoms with Crippen LogP contribution in [0, 0.1) is 10.8 Å². The maximum atomic E-state index is 13.6. The van der Waals surface area contributed by atoms with Crippen molar-refractivity contribution in [1.29, 1.82) is 0 Å². The zero-order chi connectivity index (χ0) is 55.1. The van der Waals surface area contributed by atoms with Crippen LogP contribution in [0.25, 0.3) is 33.1 Å². The molecule has 11 nitrogen and oxygen atoms in total. The molecule has 0 aliphatic carbocycles. The van der Waals surface area contributed by atoms with Crippen LogP contribution < -0.4 is 28.9 Å². The zero-order valence-corrected chi connectivity index (χ0v) is 52.0. The zero-order valence-electron chi connectivity index (χ0n) is 48.2. The van der Waals surface area contributed by atoms with Crippen LogP contribution in [0.1, 0.15) is 147 Å². The molecule has 0 bridgehead atoms. The van der Waals surface area contributed by atoms with Gasteiger partial charge in [-0.25, -0.2) is 4.79 Å². The highest BCUT2D eigenvalue weighted by molar-refractivity contribution is 7.43. The molecule has 1 saturated heterocycles. The summed E-state index contributed by atoms with van der Waals surface area (Å²) in [7, 11) is -9.02. The van der Waals surface area contributed by atoms with E-state index in [-0.39, 0.29) is 17.4 Å². The number of carbonyl (C=O) groups is 3. The van der Waals surface area contributed by atoms with Gasteiger partial charge in [0, 0.05) is 33.0 Å². The first-order valence-electron chi connectivity index (χ1n) is 25.3. The SMILES string of the molecule is CC(C)(C)C(=O)Oc1cc(C(C)(C)C)c2op(Oc3c(-c4cc(C(C)(C)C)cc([Si](C)(C)C)c4OP4OCC(=O)O4)cc(C(C)(C)C)cc3[Si](C)(C)C)oc3c(C(C)(C)C)cc(OC(=O)C(C)(C)C)cc3c2c1. The normalized spacial score (nSPS) is 15.4. The predicted octanol–water partition coefficient (Wildman–Crippen LogP) is 16.2. The predicted molar refractivity (Wildman–Crippen MR) is 305 cm³/mol. The largest absolute Gasteiger partial charge is 0.465 e. The lowest BCUT2D eigenvalue weighted by molar-refractivity contribution is -0.143. The first kappa shape index (κ1) is 57.9. The van der Waals surface area contributed by atoms with Crippen molar-refractivity contribution in [2.24, 2.45) is 10.8 Å². The second-order valence-corrected chi connectivity index (χ2v) is 40.0. The second-order valence-electron chi connectivity index (χ2n) is 27.8. The molecule has 0 spiro atoms. The number of fused-ring (bicyclic) bond motifs is 3. The molecule has 5 aromatic rings. The lowest BCUT2D eigenvalue weighted by atomic mass is 9.83. The van der Waals surface area contributed by atoms with Crippen LogP contribution in [-0.2, 0) is 45.1 Å². The molecular formula is C58H82O11P2Si2. The van der Waals surface area contributed by atoms with Gasteiger partial charge >= 0.3 is 34.8 Å². The van der Waals surface area contributed by atoms with Crippen molar-refractivity contribution in [1.82, 2.24) is 0 Å². The van der Waals surface area contributed by atoms with Gasteiger partial charge in [0.05, 0.1) is 27.0 Å². The first-order valence-corrected chi connectivity index (χ1v) is 34.5. The second kappa shape index (κ2) is 19.6. The summed E-state index contributed by atoms with van der Waals surface area (Å²) >= 11 is 0. The number of hydrogen-bond acceptors (Lipinski definition) is 11. The topological polar surface area (TPSA) is 133 Å². The summed E-state index contributed by atoms with van der Waals surface area (Å²) in [4.78, 5) is 39.8. The van der Waals surface area contributed by atoms with E-state index in [0.29, 0.717) is 44.9 Å². The van der Waals surface area contributed by atoms with Gasteiger partial charge in [-0.05, 0) is 121 Å². The summed E-state index contributed by atoms with van der Waals surface area (Å²) in [6.45, 7) is 50.3. The Morgan fingerprint density at radius 3 is 1.18 bits per heavy atom. The first-order chi connectivity index (χ1) is 32.9. The standard InChI is InChI=1S/C58H82O11P2Si2/c1-53(2,3)34-25-38(49(44(27-34)72(19,20)21)68-70-62-33-46(59)65-70)39-26-35(54(4,5)6)28-45(73(22,23)24)50(39)69-71-66-47-40(29-36(31-42(47)55(7,8)9)63-51(60)57(13,14)15)41-30-37(64-52(61)58(16,17)18)32-43(48(41)67-71)56(10,11)12/h25-32H,33H2,1-24H3. The Bertz CT molecular complexity index is 2920. The summed E-state index contributed by atoms with van der Waals surface area (Å²) < 4.78 is 53.0. The number of benzene rings is 4. The molecule has 1 atom stereocenters. The Balaban J connectivity index is 1.87. The van der Waals surface area contributed by atoms with E-state index in [0.717, 1.165) is 43.8 Å². The van der Waals surface area contributed by atoms with Gasteiger partial charge in [0.2, 0.25) is 0 Å². The van der Waals surface area contributed by atoms with Gasteiger partial charge in [-0.3, -0.25) is 14.1 Å². The van der Waals surface area contributed by atoms with Crippen molar-refractivity contribution >= 4 is 83.2 Å². The minimum absolute atomic E-state index is 0.187. The summed E-state index contributed by atoms with van der Waals surface area (Å²) in [5.74, 6) is 0.602. The average Bonchev–Trinajstić information content (AvgIpc) is 3.55. The Hall–Kier alpha value is -4.39. The lowest BCUT2D eigenvalue weighted by Gasteiger charge is -2.31. The molecule has 1 aromatic heterocycles. The third-order valence-electron chi connectivity index (χ3n) is 12.6. The van der Waals surface area contributed by atoms with Crippen molar-refractivity contribution < 1.29 is 50.3 Å². The maximum Gasteiger partial charge on any atom is 0.465 e. The molecule has 0 radical (unpaired) electrons. The molecule has 0 N–H and O–H groups in total. The van der Waals surface area contributed by atoms with E-state index in [9.17, 15) is 14.4 Å². The fraction of sp³-hybridized carbons (Fsp3) is 0.534. The van der Waals surface area contributed by atoms with E-state index < -0.39 is 72.6 Å². The van der Waals surface area contributed by atoms with E-state index in [1.807, 2.05) is 65.8 Å². The van der Waals surface area contributed by atoms with Crippen LogP contribution in [0.3, 0.4) is 0 Å². The quantitative estimate of drug-likeness (QED) is 0.0604. The van der Waals surface area contributed by atoms with Crippen LogP contribution in [0.2, 0.25) is 39.3 Å². The number of ether oxygens (including phenoxy) is 2. The molecule has 398 valence electrons. The molecule has 6 rings (SSSR count). The van der Waals surface area contributed by atoms with Gasteiger partial charge in [0.25, 0.3) is 0 Å². The number of hydrogen-bond donors (Lipinski definition) is 0. The highest BCUT2D eigenvalue weighted by Gasteiger charge is 2.38. The Kier molecular flexibility index (Phi) is 15.6. The van der Waals surface area contributed by atoms with Crippen LogP contribution in [0.15, 0.2) is 56.9 Å². The smallest absolute Gasteiger partial charge is 0.426 e. The Morgan fingerprint density at radius 2 is 0.877 bits per heavy atom. The molecular weight excluding hydrogens is 991 g/mol. The molecule has 1 aliphatic rings. The number of esters is 2. The van der Waals surface area contributed by atoms with Gasteiger partial charge in [-0.1, -0.05) is 134 Å². The van der Waals surface area contributed by atoms with E-state index in [1.54, 1.807) is 0 Å². The molecule has 1 fully saturated rings. The van der Waals surface area contributed by atoms with Crippen molar-refractivity contribution in [3.63, 3.8) is 0 Å². The van der Waals surface area contributed by atoms with E-state index in [2.05, 4.69) is 147 Å². The average molecular weight is 1070 g/mol. The third kappa shape index (κ3) is 13.2. The molecule has 0 amide bonds. The van der Waals surface area contributed by atoms with Crippen LogP contribution in [0.4, 0.5) is 0 Å². The van der Waals surface area contributed by atoms with Crippen molar-refractivity contribution in [3.05, 3.63) is 70.8 Å². The highest BCUT2D eigenvalue weighted by Crippen LogP contribution is 2.52. The van der Waals surface area contributed by atoms with Gasteiger partial charge in [0.1, 0.15) is 34.2 Å². The van der Waals surface area contributed by atoms with E-state index >= 15 is 0 Å². The lowest BCUT2D eigenvalue weighted by Crippen LogP contribution is -2.40. The molecule has 0 saturated carbocycles. The summed E-state index contributed by atoms with van der Waals surface area (Å²) in [6, 6.07) is 16.3. The van der Waals surface area contributed by atoms with E-state index in [4.69, 9.17) is 36.0 Å². The van der Waals surface area contributed by atoms with Crippen LogP contribution in [-0.4, -0.2) is 40.7 Å². The monoisotopic (exact) mass is 1070 g/mol. The molecule has 2 heterocycles. The van der Waals surface area contributed by atoms with Crippen LogP contribution in [0.5, 0.6) is 23.0 Å². The van der Waals surface area contributed by atoms with Crippen molar-refractivity contribution in [3.8, 4) is 34.1 Å². The van der Waals surface area contributed by atoms with Gasteiger partial charge < -0.3 is 31.4 Å². The summed E-state index contributed by atoms with van der Waals surface area (Å²) in [6.07, 6.45) is 0. The fourth-order valence-corrected chi connectivity index (χ4v) is 13.2. The van der Waals surface area contributed by atoms with Gasteiger partial charge in [0.15, 0.2) is 6.61 Å². The molecule has 73 heavy (non-hydrogen) atoms.